The van der Waals surface area contributed by atoms with Crippen LogP contribution >= 0.6 is 0 Å². The maximum Gasteiger partial charge on any atom is 0.410 e. The monoisotopic (exact) mass is 201 g/mol. The van der Waals surface area contributed by atoms with Crippen LogP contribution in [0.25, 0.3) is 0 Å². The van der Waals surface area contributed by atoms with E-state index in [1.807, 2.05) is 0 Å². The summed E-state index contributed by atoms with van der Waals surface area (Å²) in [5, 5.41) is 8.53. The number of aliphatic hydroxyl groups excluding tert-OH is 1. The van der Waals surface area contributed by atoms with Gasteiger partial charge in [0.2, 0.25) is 0 Å². The number of unbranched alkanes of at least 4 members (excludes halogenated alkanes) is 1. The fraction of sp³-hybridized carbons (Fsp3) is 0.900. The number of rotatable bonds is 6. The van der Waals surface area contributed by atoms with Crippen LogP contribution in [0.4, 0.5) is 4.79 Å². The molecule has 1 aliphatic carbocycles. The minimum atomic E-state index is -0.269. The van der Waals surface area contributed by atoms with Gasteiger partial charge in [-0.05, 0) is 19.3 Å². The highest BCUT2D eigenvalue weighted by molar-refractivity contribution is 5.68. The van der Waals surface area contributed by atoms with Crippen molar-refractivity contribution >= 4 is 6.09 Å². The second kappa shape index (κ2) is 5.86. The molecule has 0 aliphatic heterocycles. The molecule has 0 aromatic heterocycles. The van der Waals surface area contributed by atoms with Crippen LogP contribution in [0.15, 0.2) is 0 Å². The lowest BCUT2D eigenvalue weighted by atomic mass is 10.3. The summed E-state index contributed by atoms with van der Waals surface area (Å²) in [5.74, 6) is 0. The van der Waals surface area contributed by atoms with Gasteiger partial charge in [0.1, 0.15) is 6.61 Å². The van der Waals surface area contributed by atoms with E-state index in [0.717, 1.165) is 32.2 Å². The normalized spacial score (nSPS) is 15.3. The van der Waals surface area contributed by atoms with Gasteiger partial charge in [-0.15, -0.1) is 0 Å². The second-order valence-electron chi connectivity index (χ2n) is 3.62. The van der Waals surface area contributed by atoms with E-state index in [4.69, 9.17) is 9.84 Å². The summed E-state index contributed by atoms with van der Waals surface area (Å²) in [6, 6.07) is 0.396. The van der Waals surface area contributed by atoms with Crippen molar-refractivity contribution < 1.29 is 14.6 Å². The molecule has 0 heterocycles. The average molecular weight is 201 g/mol. The topological polar surface area (TPSA) is 49.8 Å². The number of hydrogen-bond donors (Lipinski definition) is 1. The number of ether oxygens (including phenoxy) is 1. The van der Waals surface area contributed by atoms with Gasteiger partial charge in [0.05, 0.1) is 6.61 Å². The predicted molar refractivity (Wildman–Crippen MR) is 53.1 cm³/mol. The molecule has 14 heavy (non-hydrogen) atoms. The van der Waals surface area contributed by atoms with Gasteiger partial charge in [-0.2, -0.15) is 0 Å². The van der Waals surface area contributed by atoms with Crippen molar-refractivity contribution in [2.45, 2.75) is 38.6 Å². The first-order valence-electron chi connectivity index (χ1n) is 5.33. The highest BCUT2D eigenvalue weighted by Gasteiger charge is 2.32. The number of nitrogens with zero attached hydrogens (tertiary/aromatic N) is 1. The molecule has 1 amide bonds. The molecule has 0 bridgehead atoms. The highest BCUT2D eigenvalue weighted by atomic mass is 16.6. The third-order valence-corrected chi connectivity index (χ3v) is 2.29. The average Bonchev–Trinajstić information content (AvgIpc) is 2.99. The zero-order chi connectivity index (χ0) is 10.4. The van der Waals surface area contributed by atoms with Crippen molar-refractivity contribution in [3.63, 3.8) is 0 Å². The second-order valence-corrected chi connectivity index (χ2v) is 3.62. The Morgan fingerprint density at radius 1 is 1.57 bits per heavy atom. The lowest BCUT2D eigenvalue weighted by Crippen LogP contribution is -2.35. The van der Waals surface area contributed by atoms with Gasteiger partial charge in [0, 0.05) is 12.6 Å². The first-order chi connectivity index (χ1) is 6.79. The van der Waals surface area contributed by atoms with E-state index < -0.39 is 0 Å². The molecule has 4 nitrogen and oxygen atoms in total. The Bertz CT molecular complexity index is 180. The van der Waals surface area contributed by atoms with E-state index in [-0.39, 0.29) is 19.3 Å². The lowest BCUT2D eigenvalue weighted by Gasteiger charge is -2.21. The minimum absolute atomic E-state index is 0.0992. The number of hydrogen-bond acceptors (Lipinski definition) is 3. The number of carbonyl (C=O) groups excluding carboxylic acids is 1. The first kappa shape index (κ1) is 11.3. The maximum atomic E-state index is 11.5. The van der Waals surface area contributed by atoms with Gasteiger partial charge in [-0.3, -0.25) is 0 Å². The standard InChI is InChI=1S/C10H19NO3/c1-2-3-6-11(9-4-5-9)10(13)14-8-7-12/h9,12H,2-8H2,1H3. The lowest BCUT2D eigenvalue weighted by molar-refractivity contribution is 0.0815. The van der Waals surface area contributed by atoms with Crippen molar-refractivity contribution in [1.29, 1.82) is 0 Å². The summed E-state index contributed by atoms with van der Waals surface area (Å²) in [6.45, 7) is 2.89. The van der Waals surface area contributed by atoms with Crippen molar-refractivity contribution in [3.05, 3.63) is 0 Å². The zero-order valence-corrected chi connectivity index (χ0v) is 8.74. The molecule has 0 aromatic carbocycles. The van der Waals surface area contributed by atoms with Crippen LogP contribution in [0.1, 0.15) is 32.6 Å². The Labute approximate surface area is 84.8 Å². The van der Waals surface area contributed by atoms with Gasteiger partial charge in [0.25, 0.3) is 0 Å². The van der Waals surface area contributed by atoms with Crippen LogP contribution in [-0.4, -0.2) is 41.9 Å². The molecule has 1 fully saturated rings. The Balaban J connectivity index is 2.28. The fourth-order valence-corrected chi connectivity index (χ4v) is 1.35. The van der Waals surface area contributed by atoms with Crippen LogP contribution in [0.3, 0.4) is 0 Å². The Morgan fingerprint density at radius 3 is 2.79 bits per heavy atom. The predicted octanol–water partition coefficient (Wildman–Crippen LogP) is 1.38. The van der Waals surface area contributed by atoms with E-state index in [9.17, 15) is 4.79 Å². The van der Waals surface area contributed by atoms with Crippen molar-refractivity contribution in [2.75, 3.05) is 19.8 Å². The van der Waals surface area contributed by atoms with E-state index >= 15 is 0 Å². The SMILES string of the molecule is CCCCN(C(=O)OCCO)C1CC1. The molecule has 0 radical (unpaired) electrons. The summed E-state index contributed by atoms with van der Waals surface area (Å²) >= 11 is 0. The molecule has 82 valence electrons. The van der Waals surface area contributed by atoms with Crippen molar-refractivity contribution in [2.24, 2.45) is 0 Å². The van der Waals surface area contributed by atoms with Gasteiger partial charge in [-0.1, -0.05) is 13.3 Å². The Kier molecular flexibility index (Phi) is 4.73. The van der Waals surface area contributed by atoms with Gasteiger partial charge < -0.3 is 14.7 Å². The quantitative estimate of drug-likeness (QED) is 0.706. The van der Waals surface area contributed by atoms with E-state index in [1.165, 1.54) is 0 Å². The molecule has 1 saturated carbocycles. The maximum absolute atomic E-state index is 11.5. The molecule has 0 atom stereocenters. The van der Waals surface area contributed by atoms with Crippen LogP contribution in [0.5, 0.6) is 0 Å². The molecule has 0 spiro atoms. The molecule has 4 heteroatoms. The van der Waals surface area contributed by atoms with Crippen molar-refractivity contribution in [3.8, 4) is 0 Å². The minimum Gasteiger partial charge on any atom is -0.447 e. The molecule has 1 N–H and O–H groups in total. The number of amides is 1. The smallest absolute Gasteiger partial charge is 0.410 e. The summed E-state index contributed by atoms with van der Waals surface area (Å²) < 4.78 is 4.89. The van der Waals surface area contributed by atoms with Gasteiger partial charge in [-0.25, -0.2) is 4.79 Å². The van der Waals surface area contributed by atoms with Crippen LogP contribution in [0, 0.1) is 0 Å². The molecular weight excluding hydrogens is 182 g/mol. The number of aliphatic hydroxyl groups is 1. The third-order valence-electron chi connectivity index (χ3n) is 2.29. The molecule has 1 aliphatic rings. The van der Waals surface area contributed by atoms with E-state index in [2.05, 4.69) is 6.92 Å². The molecule has 0 saturated heterocycles. The molecule has 1 rings (SSSR count). The first-order valence-corrected chi connectivity index (χ1v) is 5.33. The van der Waals surface area contributed by atoms with Crippen LogP contribution in [-0.2, 0) is 4.74 Å². The summed E-state index contributed by atoms with van der Waals surface area (Å²) in [6.07, 6.45) is 4.02. The van der Waals surface area contributed by atoms with Gasteiger partial charge in [0.15, 0.2) is 0 Å². The summed E-state index contributed by atoms with van der Waals surface area (Å²) in [4.78, 5) is 13.3. The highest BCUT2D eigenvalue weighted by Crippen LogP contribution is 2.27. The summed E-state index contributed by atoms with van der Waals surface area (Å²) in [7, 11) is 0. The molecule has 0 unspecified atom stereocenters. The van der Waals surface area contributed by atoms with E-state index in [0.29, 0.717) is 6.04 Å². The van der Waals surface area contributed by atoms with Crippen LogP contribution < -0.4 is 0 Å². The largest absolute Gasteiger partial charge is 0.447 e. The Hall–Kier alpha value is -0.770. The zero-order valence-electron chi connectivity index (χ0n) is 8.74. The van der Waals surface area contributed by atoms with Crippen molar-refractivity contribution in [1.82, 2.24) is 4.90 Å². The molecular formula is C10H19NO3. The van der Waals surface area contributed by atoms with Gasteiger partial charge >= 0.3 is 6.09 Å². The fourth-order valence-electron chi connectivity index (χ4n) is 1.35. The third kappa shape index (κ3) is 3.54. The Morgan fingerprint density at radius 2 is 2.29 bits per heavy atom. The van der Waals surface area contributed by atoms with E-state index in [1.54, 1.807) is 4.90 Å². The summed E-state index contributed by atoms with van der Waals surface area (Å²) in [5.41, 5.74) is 0. The number of carbonyl (C=O) groups is 1. The molecule has 0 aromatic rings. The van der Waals surface area contributed by atoms with Crippen LogP contribution in [0.2, 0.25) is 0 Å².